The van der Waals surface area contributed by atoms with E-state index >= 15 is 0 Å². The van der Waals surface area contributed by atoms with Gasteiger partial charge in [-0.15, -0.1) is 0 Å². The van der Waals surface area contributed by atoms with Crippen molar-refractivity contribution in [2.75, 3.05) is 6.54 Å². The van der Waals surface area contributed by atoms with Crippen LogP contribution in [0.5, 0.6) is 0 Å². The maximum atomic E-state index is 13.5. The van der Waals surface area contributed by atoms with E-state index in [4.69, 9.17) is 0 Å². The zero-order chi connectivity index (χ0) is 13.1. The fraction of sp³-hybridized carbons (Fsp3) is 0.500. The lowest BCUT2D eigenvalue weighted by molar-refractivity contribution is 0.0740. The lowest BCUT2D eigenvalue weighted by Crippen LogP contribution is -2.34. The monoisotopic (exact) mass is 313 g/mol. The van der Waals surface area contributed by atoms with Gasteiger partial charge in [0.15, 0.2) is 0 Å². The molecule has 1 amide bonds. The molecule has 1 aromatic rings. The number of benzene rings is 1. The predicted molar refractivity (Wildman–Crippen MR) is 73.1 cm³/mol. The minimum atomic E-state index is -0.382. The molecule has 2 nitrogen and oxygen atoms in total. The summed E-state index contributed by atoms with van der Waals surface area (Å²) >= 11 is 3.10. The van der Waals surface area contributed by atoms with Gasteiger partial charge in [0, 0.05) is 18.2 Å². The van der Waals surface area contributed by atoms with Crippen molar-refractivity contribution < 1.29 is 9.18 Å². The molecule has 0 heterocycles. The highest BCUT2D eigenvalue weighted by Gasteiger charge is 2.32. The van der Waals surface area contributed by atoms with Gasteiger partial charge < -0.3 is 4.90 Å². The highest BCUT2D eigenvalue weighted by atomic mass is 79.9. The van der Waals surface area contributed by atoms with E-state index in [9.17, 15) is 9.18 Å². The summed E-state index contributed by atoms with van der Waals surface area (Å²) in [6, 6.07) is 4.95. The molecule has 0 N–H and O–H groups in total. The first-order valence-electron chi connectivity index (χ1n) is 6.39. The number of rotatable bonds is 5. The first-order valence-corrected chi connectivity index (χ1v) is 7.18. The molecule has 0 saturated heterocycles. The molecule has 0 aliphatic heterocycles. The summed E-state index contributed by atoms with van der Waals surface area (Å²) in [4.78, 5) is 14.2. The van der Waals surface area contributed by atoms with Gasteiger partial charge in [-0.3, -0.25) is 4.79 Å². The molecule has 0 unspecified atom stereocenters. The normalized spacial score (nSPS) is 14.6. The topological polar surface area (TPSA) is 20.3 Å². The zero-order valence-electron chi connectivity index (χ0n) is 10.5. The molecule has 0 aromatic heterocycles. The molecule has 0 spiro atoms. The smallest absolute Gasteiger partial charge is 0.254 e. The minimum Gasteiger partial charge on any atom is -0.336 e. The van der Waals surface area contributed by atoms with Gasteiger partial charge in [0.05, 0.1) is 4.47 Å². The Morgan fingerprint density at radius 2 is 2.22 bits per heavy atom. The molecule has 98 valence electrons. The average Bonchev–Trinajstić information content (AvgIpc) is 3.17. The first-order chi connectivity index (χ1) is 8.63. The van der Waals surface area contributed by atoms with Gasteiger partial charge in [-0.2, -0.15) is 0 Å². The van der Waals surface area contributed by atoms with Crippen molar-refractivity contribution in [3.05, 3.63) is 34.1 Å². The Kier molecular flexibility index (Phi) is 4.38. The molecule has 1 aliphatic rings. The highest BCUT2D eigenvalue weighted by molar-refractivity contribution is 9.10. The van der Waals surface area contributed by atoms with Crippen LogP contribution in [0.1, 0.15) is 43.0 Å². The third-order valence-corrected chi connectivity index (χ3v) is 3.81. The van der Waals surface area contributed by atoms with Crippen LogP contribution in [0.25, 0.3) is 0 Å². The van der Waals surface area contributed by atoms with Crippen molar-refractivity contribution >= 4 is 21.8 Å². The van der Waals surface area contributed by atoms with Crippen LogP contribution in [0.15, 0.2) is 22.7 Å². The predicted octanol–water partition coefficient (Wildman–Crippen LogP) is 3.99. The summed E-state index contributed by atoms with van der Waals surface area (Å²) in [5.74, 6) is -0.426. The lowest BCUT2D eigenvalue weighted by atomic mass is 10.2. The Labute approximate surface area is 115 Å². The van der Waals surface area contributed by atoms with E-state index in [1.165, 1.54) is 6.07 Å². The van der Waals surface area contributed by atoms with Gasteiger partial charge in [0.1, 0.15) is 5.82 Å². The number of carbonyl (C=O) groups excluding carboxylic acids is 1. The number of unbranched alkanes of at least 4 members (excludes halogenated alkanes) is 1. The fourth-order valence-corrected chi connectivity index (χ4v) is 2.21. The average molecular weight is 314 g/mol. The van der Waals surface area contributed by atoms with Gasteiger partial charge in [-0.1, -0.05) is 13.3 Å². The second-order valence-electron chi connectivity index (χ2n) is 4.71. The van der Waals surface area contributed by atoms with Gasteiger partial charge in [0.25, 0.3) is 5.91 Å². The summed E-state index contributed by atoms with van der Waals surface area (Å²) in [6.07, 6.45) is 4.22. The molecule has 1 fully saturated rings. The molecule has 18 heavy (non-hydrogen) atoms. The van der Waals surface area contributed by atoms with Crippen LogP contribution in [-0.2, 0) is 0 Å². The molecule has 1 saturated carbocycles. The van der Waals surface area contributed by atoms with Crippen LogP contribution in [0.2, 0.25) is 0 Å². The number of carbonyl (C=O) groups is 1. The molecule has 0 radical (unpaired) electrons. The quantitative estimate of drug-likeness (QED) is 0.804. The van der Waals surface area contributed by atoms with Crippen LogP contribution >= 0.6 is 15.9 Å². The lowest BCUT2D eigenvalue weighted by Gasteiger charge is -2.22. The van der Waals surface area contributed by atoms with E-state index < -0.39 is 0 Å². The van der Waals surface area contributed by atoms with Crippen LogP contribution in [0.3, 0.4) is 0 Å². The Morgan fingerprint density at radius 3 is 2.78 bits per heavy atom. The summed E-state index contributed by atoms with van der Waals surface area (Å²) in [6.45, 7) is 2.88. The number of halogens is 2. The highest BCUT2D eigenvalue weighted by Crippen LogP contribution is 2.29. The summed E-state index contributed by atoms with van der Waals surface area (Å²) in [7, 11) is 0. The Hall–Kier alpha value is -0.900. The van der Waals surface area contributed by atoms with E-state index in [1.54, 1.807) is 12.1 Å². The van der Waals surface area contributed by atoms with Crippen LogP contribution in [0.4, 0.5) is 4.39 Å². The number of hydrogen-bond acceptors (Lipinski definition) is 1. The second-order valence-corrected chi connectivity index (χ2v) is 5.57. The van der Waals surface area contributed by atoms with E-state index in [1.807, 2.05) is 4.90 Å². The van der Waals surface area contributed by atoms with Crippen molar-refractivity contribution in [2.45, 2.75) is 38.6 Å². The van der Waals surface area contributed by atoms with Gasteiger partial charge >= 0.3 is 0 Å². The molecule has 4 heteroatoms. The molecule has 1 aromatic carbocycles. The molecule has 2 rings (SSSR count). The SMILES string of the molecule is CCCCN(C(=O)c1ccc(Br)c(F)c1)C1CC1. The Morgan fingerprint density at radius 1 is 1.50 bits per heavy atom. The summed E-state index contributed by atoms with van der Waals surface area (Å²) in [5.41, 5.74) is 0.443. The van der Waals surface area contributed by atoms with E-state index in [0.29, 0.717) is 16.1 Å². The molecular formula is C14H17BrFNO. The largest absolute Gasteiger partial charge is 0.336 e. The Balaban J connectivity index is 2.13. The molecule has 1 aliphatic carbocycles. The van der Waals surface area contributed by atoms with Crippen LogP contribution < -0.4 is 0 Å². The molecule has 0 atom stereocenters. The van der Waals surface area contributed by atoms with E-state index in [2.05, 4.69) is 22.9 Å². The van der Waals surface area contributed by atoms with Crippen LogP contribution in [-0.4, -0.2) is 23.4 Å². The fourth-order valence-electron chi connectivity index (χ4n) is 1.96. The van der Waals surface area contributed by atoms with E-state index in [-0.39, 0.29) is 11.7 Å². The van der Waals surface area contributed by atoms with Crippen molar-refractivity contribution in [1.82, 2.24) is 4.90 Å². The van der Waals surface area contributed by atoms with Crippen molar-refractivity contribution in [3.63, 3.8) is 0 Å². The number of nitrogens with zero attached hydrogens (tertiary/aromatic N) is 1. The van der Waals surface area contributed by atoms with Crippen LogP contribution in [0, 0.1) is 5.82 Å². The molecule has 0 bridgehead atoms. The third kappa shape index (κ3) is 3.10. The minimum absolute atomic E-state index is 0.0441. The first kappa shape index (κ1) is 13.5. The molecular weight excluding hydrogens is 297 g/mol. The summed E-state index contributed by atoms with van der Waals surface area (Å²) in [5, 5.41) is 0. The van der Waals surface area contributed by atoms with Crippen molar-refractivity contribution in [1.29, 1.82) is 0 Å². The number of amides is 1. The van der Waals surface area contributed by atoms with Crippen molar-refractivity contribution in [3.8, 4) is 0 Å². The van der Waals surface area contributed by atoms with E-state index in [0.717, 1.165) is 32.2 Å². The zero-order valence-corrected chi connectivity index (χ0v) is 12.0. The third-order valence-electron chi connectivity index (χ3n) is 3.17. The number of hydrogen-bond donors (Lipinski definition) is 0. The maximum Gasteiger partial charge on any atom is 0.254 e. The van der Waals surface area contributed by atoms with Gasteiger partial charge in [-0.25, -0.2) is 4.39 Å². The standard InChI is InChI=1S/C14H17BrFNO/c1-2-3-8-17(11-5-6-11)14(18)10-4-7-12(15)13(16)9-10/h4,7,9,11H,2-3,5-6,8H2,1H3. The maximum absolute atomic E-state index is 13.5. The Bertz CT molecular complexity index is 445. The van der Waals surface area contributed by atoms with Gasteiger partial charge in [-0.05, 0) is 53.4 Å². The summed E-state index contributed by atoms with van der Waals surface area (Å²) < 4.78 is 13.8. The second kappa shape index (κ2) is 5.83. The van der Waals surface area contributed by atoms with Crippen molar-refractivity contribution in [2.24, 2.45) is 0 Å². The van der Waals surface area contributed by atoms with Gasteiger partial charge in [0.2, 0.25) is 0 Å².